The molecule has 18 heavy (non-hydrogen) atoms. The van der Waals surface area contributed by atoms with Crippen molar-refractivity contribution in [3.63, 3.8) is 0 Å². The van der Waals surface area contributed by atoms with E-state index >= 15 is 0 Å². The minimum absolute atomic E-state index is 0.110. The molecule has 1 atom stereocenters. The van der Waals surface area contributed by atoms with Gasteiger partial charge in [0.25, 0.3) is 0 Å². The maximum atomic E-state index is 12.1. The fraction of sp³-hybridized carbons (Fsp3) is 0.417. The van der Waals surface area contributed by atoms with Crippen LogP contribution in [0.25, 0.3) is 0 Å². The smallest absolute Gasteiger partial charge is 0.311 e. The topological polar surface area (TPSA) is 69.4 Å². The highest BCUT2D eigenvalue weighted by Crippen LogP contribution is 2.29. The van der Waals surface area contributed by atoms with Crippen molar-refractivity contribution < 1.29 is 14.5 Å². The first-order valence-electron chi connectivity index (χ1n) is 5.39. The van der Waals surface area contributed by atoms with E-state index in [0.717, 1.165) is 0 Å². The molecule has 0 amide bonds. The summed E-state index contributed by atoms with van der Waals surface area (Å²) in [5.74, 6) is 0.0848. The van der Waals surface area contributed by atoms with Crippen LogP contribution < -0.4 is 4.74 Å². The highest BCUT2D eigenvalue weighted by Gasteiger charge is 2.24. The summed E-state index contributed by atoms with van der Waals surface area (Å²) in [5, 5.41) is 10.9. The standard InChI is InChI=1S/C12H14BrNO4/c1-7(2)11(13)12(15)8-4-5-10(18-3)9(6-8)14(16)17/h4-7,11H,1-3H3. The van der Waals surface area contributed by atoms with Crippen LogP contribution in [-0.4, -0.2) is 22.6 Å². The summed E-state index contributed by atoms with van der Waals surface area (Å²) in [7, 11) is 1.35. The number of hydrogen-bond donors (Lipinski definition) is 0. The van der Waals surface area contributed by atoms with E-state index in [0.29, 0.717) is 5.56 Å². The highest BCUT2D eigenvalue weighted by atomic mass is 79.9. The Labute approximate surface area is 113 Å². The molecule has 0 aliphatic carbocycles. The number of hydrogen-bond acceptors (Lipinski definition) is 4. The van der Waals surface area contributed by atoms with Crippen LogP contribution in [0.1, 0.15) is 24.2 Å². The number of methoxy groups -OCH3 is 1. The predicted molar refractivity (Wildman–Crippen MR) is 71.5 cm³/mol. The van der Waals surface area contributed by atoms with E-state index in [1.54, 1.807) is 0 Å². The van der Waals surface area contributed by atoms with Crippen LogP contribution in [0.15, 0.2) is 18.2 Å². The van der Waals surface area contributed by atoms with Crippen molar-refractivity contribution in [2.45, 2.75) is 18.7 Å². The summed E-state index contributed by atoms with van der Waals surface area (Å²) >= 11 is 3.29. The van der Waals surface area contributed by atoms with E-state index in [1.165, 1.54) is 25.3 Å². The molecule has 0 radical (unpaired) electrons. The lowest BCUT2D eigenvalue weighted by atomic mass is 10.0. The Morgan fingerprint density at radius 3 is 2.50 bits per heavy atom. The number of nitrogens with zero attached hydrogens (tertiary/aromatic N) is 1. The van der Waals surface area contributed by atoms with Gasteiger partial charge in [-0.25, -0.2) is 0 Å². The number of ether oxygens (including phenoxy) is 1. The van der Waals surface area contributed by atoms with Crippen molar-refractivity contribution in [2.24, 2.45) is 5.92 Å². The first-order chi connectivity index (χ1) is 8.38. The van der Waals surface area contributed by atoms with Gasteiger partial charge in [-0.3, -0.25) is 14.9 Å². The Hall–Kier alpha value is -1.43. The second-order valence-electron chi connectivity index (χ2n) is 4.15. The largest absolute Gasteiger partial charge is 0.490 e. The summed E-state index contributed by atoms with van der Waals surface area (Å²) in [6, 6.07) is 4.22. The van der Waals surface area contributed by atoms with Gasteiger partial charge in [0.1, 0.15) is 0 Å². The molecule has 0 aliphatic heterocycles. The number of alkyl halides is 1. The number of nitro benzene ring substituents is 1. The Kier molecular flexibility index (Phi) is 4.84. The van der Waals surface area contributed by atoms with Crippen LogP contribution >= 0.6 is 15.9 Å². The molecule has 0 heterocycles. The number of nitro groups is 1. The van der Waals surface area contributed by atoms with Gasteiger partial charge < -0.3 is 4.74 Å². The van der Waals surface area contributed by atoms with Gasteiger partial charge in [0.15, 0.2) is 11.5 Å². The molecule has 0 aliphatic rings. The maximum absolute atomic E-state index is 12.1. The molecule has 5 nitrogen and oxygen atoms in total. The molecule has 1 aromatic rings. The lowest BCUT2D eigenvalue weighted by molar-refractivity contribution is -0.385. The number of benzene rings is 1. The molecule has 0 aromatic heterocycles. The predicted octanol–water partition coefficient (Wildman–Crippen LogP) is 3.21. The van der Waals surface area contributed by atoms with E-state index in [4.69, 9.17) is 4.74 Å². The van der Waals surface area contributed by atoms with Gasteiger partial charge in [-0.15, -0.1) is 0 Å². The van der Waals surface area contributed by atoms with Gasteiger partial charge in [0.2, 0.25) is 0 Å². The Morgan fingerprint density at radius 1 is 1.44 bits per heavy atom. The number of ketones is 1. The molecular weight excluding hydrogens is 302 g/mol. The first-order valence-corrected chi connectivity index (χ1v) is 6.30. The maximum Gasteiger partial charge on any atom is 0.311 e. The van der Waals surface area contributed by atoms with Crippen molar-refractivity contribution in [3.8, 4) is 5.75 Å². The number of carbonyl (C=O) groups is 1. The van der Waals surface area contributed by atoms with E-state index in [2.05, 4.69) is 15.9 Å². The summed E-state index contributed by atoms with van der Waals surface area (Å²) in [4.78, 5) is 22.0. The summed E-state index contributed by atoms with van der Waals surface area (Å²) in [6.07, 6.45) is 0. The van der Waals surface area contributed by atoms with Crippen LogP contribution in [0.2, 0.25) is 0 Å². The number of rotatable bonds is 5. The average Bonchev–Trinajstić information content (AvgIpc) is 2.35. The molecular formula is C12H14BrNO4. The van der Waals surface area contributed by atoms with Gasteiger partial charge in [-0.2, -0.15) is 0 Å². The van der Waals surface area contributed by atoms with E-state index < -0.39 is 4.92 Å². The lowest BCUT2D eigenvalue weighted by Gasteiger charge is -2.12. The van der Waals surface area contributed by atoms with E-state index in [9.17, 15) is 14.9 Å². The minimum atomic E-state index is -0.561. The number of Topliss-reactive ketones (excluding diaryl/α,β-unsaturated/α-hetero) is 1. The zero-order valence-corrected chi connectivity index (χ0v) is 11.9. The number of halogens is 1. The Bertz CT molecular complexity index is 473. The van der Waals surface area contributed by atoms with Crippen LogP contribution in [0.5, 0.6) is 5.75 Å². The van der Waals surface area contributed by atoms with Gasteiger partial charge in [0.05, 0.1) is 16.9 Å². The summed E-state index contributed by atoms with van der Waals surface area (Å²) < 4.78 is 4.88. The van der Waals surface area contributed by atoms with E-state index in [-0.39, 0.29) is 28.0 Å². The molecule has 1 aromatic carbocycles. The van der Waals surface area contributed by atoms with Crippen molar-refractivity contribution in [1.82, 2.24) is 0 Å². The third kappa shape index (κ3) is 3.07. The van der Waals surface area contributed by atoms with Crippen molar-refractivity contribution in [3.05, 3.63) is 33.9 Å². The molecule has 6 heteroatoms. The number of carbonyl (C=O) groups excluding carboxylic acids is 1. The molecule has 0 spiro atoms. The van der Waals surface area contributed by atoms with E-state index in [1.807, 2.05) is 13.8 Å². The summed E-state index contributed by atoms with van der Waals surface area (Å²) in [5.41, 5.74) is 0.102. The van der Waals surface area contributed by atoms with Crippen LogP contribution in [0.4, 0.5) is 5.69 Å². The molecule has 1 unspecified atom stereocenters. The van der Waals surface area contributed by atoms with Gasteiger partial charge in [-0.05, 0) is 18.1 Å². The van der Waals surface area contributed by atoms with Gasteiger partial charge in [0, 0.05) is 11.6 Å². The van der Waals surface area contributed by atoms with Gasteiger partial charge in [-0.1, -0.05) is 29.8 Å². The van der Waals surface area contributed by atoms with Crippen molar-refractivity contribution in [2.75, 3.05) is 7.11 Å². The monoisotopic (exact) mass is 315 g/mol. The van der Waals surface area contributed by atoms with Crippen LogP contribution in [0, 0.1) is 16.0 Å². The van der Waals surface area contributed by atoms with Crippen LogP contribution in [0.3, 0.4) is 0 Å². The third-order valence-corrected chi connectivity index (χ3v) is 3.97. The highest BCUT2D eigenvalue weighted by molar-refractivity contribution is 9.10. The Balaban J connectivity index is 3.16. The third-order valence-electron chi connectivity index (χ3n) is 2.50. The quantitative estimate of drug-likeness (QED) is 0.362. The molecule has 0 N–H and O–H groups in total. The molecule has 0 saturated carbocycles. The zero-order valence-electron chi connectivity index (χ0n) is 10.3. The molecule has 0 saturated heterocycles. The fourth-order valence-corrected chi connectivity index (χ4v) is 1.71. The Morgan fingerprint density at radius 2 is 2.06 bits per heavy atom. The van der Waals surface area contributed by atoms with Crippen LogP contribution in [-0.2, 0) is 0 Å². The molecule has 98 valence electrons. The van der Waals surface area contributed by atoms with Crippen molar-refractivity contribution >= 4 is 27.4 Å². The molecule has 1 rings (SSSR count). The first kappa shape index (κ1) is 14.6. The minimum Gasteiger partial charge on any atom is -0.490 e. The fourth-order valence-electron chi connectivity index (χ4n) is 1.45. The van der Waals surface area contributed by atoms with Crippen molar-refractivity contribution in [1.29, 1.82) is 0 Å². The lowest BCUT2D eigenvalue weighted by Crippen LogP contribution is -2.20. The SMILES string of the molecule is COc1ccc(C(=O)C(Br)C(C)C)cc1[N+](=O)[O-]. The second kappa shape index (κ2) is 5.95. The molecule has 0 fully saturated rings. The second-order valence-corrected chi connectivity index (χ2v) is 5.14. The molecule has 0 bridgehead atoms. The average molecular weight is 316 g/mol. The van der Waals surface area contributed by atoms with Gasteiger partial charge >= 0.3 is 5.69 Å². The zero-order chi connectivity index (χ0) is 13.9. The normalized spacial score (nSPS) is 12.3. The summed E-state index contributed by atoms with van der Waals surface area (Å²) in [6.45, 7) is 3.80.